The van der Waals surface area contributed by atoms with Crippen LogP contribution in [0, 0.1) is 11.7 Å². The summed E-state index contributed by atoms with van der Waals surface area (Å²) in [6.07, 6.45) is 0. The maximum Gasteiger partial charge on any atom is 0.230 e. The van der Waals surface area contributed by atoms with Gasteiger partial charge in [0.2, 0.25) is 5.91 Å². The van der Waals surface area contributed by atoms with Gasteiger partial charge >= 0.3 is 0 Å². The standard InChI is InChI=1S/C17H20FNOS2/c1-12(2)10-21-11-16(20)19-17(15-4-3-9-22-15)13-5-7-14(18)8-6-13/h3-9,12,17H,10-11H2,1-2H3,(H,19,20)/t17-/m0/s1. The molecule has 0 saturated carbocycles. The summed E-state index contributed by atoms with van der Waals surface area (Å²) in [5.74, 6) is 1.72. The molecule has 0 bridgehead atoms. The van der Waals surface area contributed by atoms with Gasteiger partial charge in [-0.3, -0.25) is 4.79 Å². The molecule has 1 aromatic carbocycles. The first-order valence-corrected chi connectivity index (χ1v) is 9.25. The molecule has 5 heteroatoms. The lowest BCUT2D eigenvalue weighted by Crippen LogP contribution is -2.30. The minimum atomic E-state index is -0.271. The quantitative estimate of drug-likeness (QED) is 0.807. The summed E-state index contributed by atoms with van der Waals surface area (Å²) in [4.78, 5) is 13.2. The molecule has 1 heterocycles. The molecule has 2 nitrogen and oxygen atoms in total. The molecule has 0 aliphatic carbocycles. The third-order valence-electron chi connectivity index (χ3n) is 3.02. The molecule has 0 saturated heterocycles. The Hall–Kier alpha value is -1.33. The lowest BCUT2D eigenvalue weighted by atomic mass is 10.1. The second kappa shape index (κ2) is 8.34. The minimum Gasteiger partial charge on any atom is -0.344 e. The maximum atomic E-state index is 13.1. The van der Waals surface area contributed by atoms with E-state index in [0.717, 1.165) is 16.2 Å². The Morgan fingerprint density at radius 2 is 2.00 bits per heavy atom. The van der Waals surface area contributed by atoms with Gasteiger partial charge in [0.15, 0.2) is 0 Å². The molecule has 0 unspecified atom stereocenters. The van der Waals surface area contributed by atoms with Crippen LogP contribution < -0.4 is 5.32 Å². The van der Waals surface area contributed by atoms with Crippen molar-refractivity contribution < 1.29 is 9.18 Å². The van der Waals surface area contributed by atoms with Crippen LogP contribution in [-0.2, 0) is 4.79 Å². The average Bonchev–Trinajstić information content (AvgIpc) is 2.99. The third-order valence-corrected chi connectivity index (χ3v) is 5.33. The van der Waals surface area contributed by atoms with Gasteiger partial charge in [0.1, 0.15) is 5.82 Å². The van der Waals surface area contributed by atoms with Gasteiger partial charge in [-0.05, 0) is 40.8 Å². The number of thioether (sulfide) groups is 1. The first kappa shape index (κ1) is 17.0. The number of hydrogen-bond donors (Lipinski definition) is 1. The molecule has 0 radical (unpaired) electrons. The Balaban J connectivity index is 2.06. The molecule has 22 heavy (non-hydrogen) atoms. The van der Waals surface area contributed by atoms with Gasteiger partial charge in [-0.2, -0.15) is 11.8 Å². The molecule has 2 aromatic rings. The topological polar surface area (TPSA) is 29.1 Å². The SMILES string of the molecule is CC(C)CSCC(=O)N[C@@H](c1ccc(F)cc1)c1cccs1. The Morgan fingerprint density at radius 3 is 2.59 bits per heavy atom. The normalized spacial score (nSPS) is 12.4. The highest BCUT2D eigenvalue weighted by Gasteiger charge is 2.18. The second-order valence-corrected chi connectivity index (χ2v) is 7.49. The molecule has 1 aromatic heterocycles. The van der Waals surface area contributed by atoms with Crippen molar-refractivity contribution in [2.75, 3.05) is 11.5 Å². The Labute approximate surface area is 139 Å². The van der Waals surface area contributed by atoms with Crippen molar-refractivity contribution >= 4 is 29.0 Å². The second-order valence-electron chi connectivity index (χ2n) is 5.48. The number of rotatable bonds is 7. The van der Waals surface area contributed by atoms with Crippen molar-refractivity contribution in [1.82, 2.24) is 5.32 Å². The summed E-state index contributed by atoms with van der Waals surface area (Å²) >= 11 is 3.22. The van der Waals surface area contributed by atoms with Crippen molar-refractivity contribution in [1.29, 1.82) is 0 Å². The molecular weight excluding hydrogens is 317 g/mol. The van der Waals surface area contributed by atoms with Gasteiger partial charge in [-0.25, -0.2) is 4.39 Å². The van der Waals surface area contributed by atoms with E-state index in [4.69, 9.17) is 0 Å². The summed E-state index contributed by atoms with van der Waals surface area (Å²) in [6.45, 7) is 4.27. The number of carbonyl (C=O) groups is 1. The van der Waals surface area contributed by atoms with Crippen molar-refractivity contribution in [3.63, 3.8) is 0 Å². The highest BCUT2D eigenvalue weighted by molar-refractivity contribution is 7.99. The number of benzene rings is 1. The number of hydrogen-bond acceptors (Lipinski definition) is 3. The molecule has 0 fully saturated rings. The Bertz CT molecular complexity index is 581. The van der Waals surface area contributed by atoms with Crippen LogP contribution in [0.25, 0.3) is 0 Å². The van der Waals surface area contributed by atoms with Crippen LogP contribution in [0.3, 0.4) is 0 Å². The fourth-order valence-electron chi connectivity index (χ4n) is 2.02. The number of carbonyl (C=O) groups excluding carboxylic acids is 1. The summed E-state index contributed by atoms with van der Waals surface area (Å²) < 4.78 is 13.1. The fraction of sp³-hybridized carbons (Fsp3) is 0.353. The summed E-state index contributed by atoms with van der Waals surface area (Å²) in [7, 11) is 0. The zero-order chi connectivity index (χ0) is 15.9. The van der Waals surface area contributed by atoms with Gasteiger partial charge in [-0.1, -0.05) is 32.0 Å². The van der Waals surface area contributed by atoms with E-state index in [1.54, 1.807) is 35.2 Å². The molecule has 0 aliphatic heterocycles. The summed E-state index contributed by atoms with van der Waals surface area (Å²) in [6, 6.07) is 10.0. The van der Waals surface area contributed by atoms with E-state index in [1.165, 1.54) is 12.1 Å². The predicted molar refractivity (Wildman–Crippen MR) is 92.9 cm³/mol. The zero-order valence-electron chi connectivity index (χ0n) is 12.7. The van der Waals surface area contributed by atoms with E-state index < -0.39 is 0 Å². The summed E-state index contributed by atoms with van der Waals surface area (Å²) in [5.41, 5.74) is 0.894. The number of halogens is 1. The van der Waals surface area contributed by atoms with Crippen LogP contribution in [0.5, 0.6) is 0 Å². The van der Waals surface area contributed by atoms with E-state index in [0.29, 0.717) is 11.7 Å². The van der Waals surface area contributed by atoms with Gasteiger partial charge in [0.05, 0.1) is 11.8 Å². The molecule has 118 valence electrons. The van der Waals surface area contributed by atoms with Crippen molar-refractivity contribution in [3.05, 3.63) is 58.0 Å². The van der Waals surface area contributed by atoms with E-state index >= 15 is 0 Å². The number of thiophene rings is 1. The van der Waals surface area contributed by atoms with Crippen LogP contribution in [0.15, 0.2) is 41.8 Å². The van der Waals surface area contributed by atoms with Crippen molar-refractivity contribution in [2.24, 2.45) is 5.92 Å². The fourth-order valence-corrected chi connectivity index (χ4v) is 3.68. The van der Waals surface area contributed by atoms with Gasteiger partial charge in [0, 0.05) is 4.88 Å². The Morgan fingerprint density at radius 1 is 1.27 bits per heavy atom. The first-order chi connectivity index (χ1) is 10.6. The first-order valence-electron chi connectivity index (χ1n) is 7.22. The minimum absolute atomic E-state index is 0.00775. The highest BCUT2D eigenvalue weighted by atomic mass is 32.2. The molecule has 0 aliphatic rings. The molecule has 1 atom stereocenters. The smallest absolute Gasteiger partial charge is 0.230 e. The highest BCUT2D eigenvalue weighted by Crippen LogP contribution is 2.26. The summed E-state index contributed by atoms with van der Waals surface area (Å²) in [5, 5.41) is 5.03. The van der Waals surface area contributed by atoms with Crippen LogP contribution in [0.1, 0.15) is 30.3 Å². The number of nitrogens with one attached hydrogen (secondary N) is 1. The largest absolute Gasteiger partial charge is 0.344 e. The molecule has 1 amide bonds. The molecule has 2 rings (SSSR count). The van der Waals surface area contributed by atoms with Crippen molar-refractivity contribution in [2.45, 2.75) is 19.9 Å². The Kier molecular flexibility index (Phi) is 6.46. The number of amides is 1. The molecular formula is C17H20FNOS2. The van der Waals surface area contributed by atoms with Crippen LogP contribution in [0.4, 0.5) is 4.39 Å². The lowest BCUT2D eigenvalue weighted by molar-refractivity contribution is -0.119. The third kappa shape index (κ3) is 5.14. The van der Waals surface area contributed by atoms with Gasteiger partial charge in [0.25, 0.3) is 0 Å². The molecule has 1 N–H and O–H groups in total. The van der Waals surface area contributed by atoms with Gasteiger partial charge < -0.3 is 5.32 Å². The molecule has 0 spiro atoms. The van der Waals surface area contributed by atoms with Crippen LogP contribution in [0.2, 0.25) is 0 Å². The van der Waals surface area contributed by atoms with Crippen LogP contribution in [-0.4, -0.2) is 17.4 Å². The predicted octanol–water partition coefficient (Wildman–Crippen LogP) is 4.48. The average molecular weight is 337 g/mol. The van der Waals surface area contributed by atoms with E-state index in [9.17, 15) is 9.18 Å². The van der Waals surface area contributed by atoms with Crippen molar-refractivity contribution in [3.8, 4) is 0 Å². The van der Waals surface area contributed by atoms with Crippen LogP contribution >= 0.6 is 23.1 Å². The maximum absolute atomic E-state index is 13.1. The van der Waals surface area contributed by atoms with E-state index in [-0.39, 0.29) is 17.8 Å². The van der Waals surface area contributed by atoms with Gasteiger partial charge in [-0.15, -0.1) is 11.3 Å². The van der Waals surface area contributed by atoms with E-state index in [2.05, 4.69) is 19.2 Å². The van der Waals surface area contributed by atoms with E-state index in [1.807, 2.05) is 17.5 Å². The monoisotopic (exact) mass is 337 g/mol. The zero-order valence-corrected chi connectivity index (χ0v) is 14.3. The lowest BCUT2D eigenvalue weighted by Gasteiger charge is -2.18.